The lowest BCUT2D eigenvalue weighted by molar-refractivity contribution is 0.0481. The Hall–Kier alpha value is -4.70. The first-order chi connectivity index (χ1) is 18.3. The fourth-order valence-electron chi connectivity index (χ4n) is 4.08. The fourth-order valence-corrected chi connectivity index (χ4v) is 4.08. The summed E-state index contributed by atoms with van der Waals surface area (Å²) in [5, 5.41) is 11.0. The van der Waals surface area contributed by atoms with Crippen molar-refractivity contribution in [1.29, 1.82) is 5.41 Å². The molecule has 1 heterocycles. The Labute approximate surface area is 219 Å². The zero-order chi connectivity index (χ0) is 27.2. The highest BCUT2D eigenvalue weighted by Crippen LogP contribution is 2.34. The Morgan fingerprint density at radius 3 is 2.55 bits per heavy atom. The van der Waals surface area contributed by atoms with Gasteiger partial charge in [0.1, 0.15) is 17.7 Å². The summed E-state index contributed by atoms with van der Waals surface area (Å²) in [6.45, 7) is 1.86. The number of nitrogens with zero attached hydrogens (tertiary/aromatic N) is 1. The Morgan fingerprint density at radius 2 is 1.89 bits per heavy atom. The highest BCUT2D eigenvalue weighted by molar-refractivity contribution is 5.99. The number of anilines is 1. The smallest absolute Gasteiger partial charge is 0.249 e. The number of amides is 1. The summed E-state index contributed by atoms with van der Waals surface area (Å²) in [4.78, 5) is 19.8. The van der Waals surface area contributed by atoms with Gasteiger partial charge in [0.15, 0.2) is 18.4 Å². The van der Waals surface area contributed by atoms with E-state index in [0.717, 1.165) is 5.56 Å². The number of primary amides is 1. The van der Waals surface area contributed by atoms with E-state index >= 15 is 4.39 Å². The van der Waals surface area contributed by atoms with E-state index in [4.69, 9.17) is 26.4 Å². The van der Waals surface area contributed by atoms with Gasteiger partial charge in [0.05, 0.1) is 11.9 Å². The summed E-state index contributed by atoms with van der Waals surface area (Å²) < 4.78 is 26.4. The number of imidazole rings is 1. The number of hydrogen-bond donors (Lipinski definition) is 5. The first-order valence-corrected chi connectivity index (χ1v) is 11.9. The number of hydrogen-bond acceptors (Lipinski definition) is 6. The minimum absolute atomic E-state index is 0.0569. The first kappa shape index (κ1) is 26.4. The number of carbonyl (C=O) groups is 1. The zero-order valence-electron chi connectivity index (χ0n) is 21.0. The molecule has 4 aromatic rings. The number of benzene rings is 3. The molecule has 0 bridgehead atoms. The lowest BCUT2D eigenvalue weighted by atomic mass is 10.00. The van der Waals surface area contributed by atoms with Crippen LogP contribution in [0.4, 0.5) is 10.1 Å². The Morgan fingerprint density at radius 1 is 1.16 bits per heavy atom. The third-order valence-corrected chi connectivity index (χ3v) is 6.04. The molecule has 1 unspecified atom stereocenters. The molecule has 4 rings (SSSR count). The summed E-state index contributed by atoms with van der Waals surface area (Å²) in [6, 6.07) is 16.4. The molecule has 0 aliphatic carbocycles. The van der Waals surface area contributed by atoms with Crippen molar-refractivity contribution in [2.24, 2.45) is 11.5 Å². The van der Waals surface area contributed by atoms with Crippen LogP contribution in [0.15, 0.2) is 66.9 Å². The van der Waals surface area contributed by atoms with E-state index in [1.165, 1.54) is 7.11 Å². The summed E-state index contributed by atoms with van der Waals surface area (Å²) >= 11 is 0. The van der Waals surface area contributed by atoms with Crippen molar-refractivity contribution in [3.63, 3.8) is 0 Å². The van der Waals surface area contributed by atoms with E-state index in [2.05, 4.69) is 15.3 Å². The van der Waals surface area contributed by atoms with Gasteiger partial charge >= 0.3 is 0 Å². The lowest BCUT2D eigenvalue weighted by Crippen LogP contribution is -2.17. The van der Waals surface area contributed by atoms with E-state index in [1.807, 2.05) is 6.92 Å². The number of aromatic amines is 1. The standard InChI is InChI=1S/C28H29FN6O3/c1-3-16-12-21(24(29)23(13-16)38-15-37-2)25(34-18-10-8-17(9-11-18)26(30)31)28-33-14-22(35-28)19-6-4-5-7-20(19)27(32)36/h4-14,25,34H,3,15H2,1-2H3,(H3,30,31)(H2,32,36)(H,33,35). The number of amidine groups is 1. The topological polar surface area (TPSA) is 152 Å². The van der Waals surface area contributed by atoms with Crippen molar-refractivity contribution in [3.05, 3.63) is 101 Å². The van der Waals surface area contributed by atoms with Gasteiger partial charge in [0.2, 0.25) is 5.91 Å². The number of nitrogen functional groups attached to an aromatic ring is 1. The molecule has 0 fully saturated rings. The van der Waals surface area contributed by atoms with Gasteiger partial charge < -0.3 is 31.2 Å². The average molecular weight is 517 g/mol. The van der Waals surface area contributed by atoms with Crippen molar-refractivity contribution in [1.82, 2.24) is 9.97 Å². The van der Waals surface area contributed by atoms with Crippen LogP contribution in [-0.4, -0.2) is 35.6 Å². The number of halogens is 1. The van der Waals surface area contributed by atoms with E-state index in [9.17, 15) is 4.79 Å². The fraction of sp³-hybridized carbons (Fsp3) is 0.179. The molecule has 38 heavy (non-hydrogen) atoms. The van der Waals surface area contributed by atoms with Gasteiger partial charge in [-0.1, -0.05) is 31.2 Å². The second-order valence-electron chi connectivity index (χ2n) is 8.56. The summed E-state index contributed by atoms with van der Waals surface area (Å²) in [5.41, 5.74) is 15.0. The van der Waals surface area contributed by atoms with Crippen LogP contribution in [0.1, 0.15) is 45.8 Å². The maximum atomic E-state index is 15.9. The predicted molar refractivity (Wildman–Crippen MR) is 144 cm³/mol. The molecule has 0 spiro atoms. The number of nitrogens with one attached hydrogen (secondary N) is 3. The second-order valence-corrected chi connectivity index (χ2v) is 8.56. The molecule has 3 aromatic carbocycles. The van der Waals surface area contributed by atoms with Crippen LogP contribution in [0.25, 0.3) is 11.3 Å². The van der Waals surface area contributed by atoms with E-state index in [1.54, 1.807) is 66.9 Å². The van der Waals surface area contributed by atoms with E-state index < -0.39 is 17.8 Å². The molecule has 0 saturated heterocycles. The van der Waals surface area contributed by atoms with Gasteiger partial charge in [-0.2, -0.15) is 0 Å². The Bertz CT molecular complexity index is 1450. The molecule has 0 aliphatic heterocycles. The van der Waals surface area contributed by atoms with Crippen LogP contribution in [0.5, 0.6) is 5.75 Å². The predicted octanol–water partition coefficient (Wildman–Crippen LogP) is 4.35. The SMILES string of the molecule is CCc1cc(OCOC)c(F)c(C(Nc2ccc(C(=N)N)cc2)c2ncc(-c3ccccc3C(N)=O)[nH]2)c1. The average Bonchev–Trinajstić information content (AvgIpc) is 3.41. The van der Waals surface area contributed by atoms with Crippen LogP contribution in [0, 0.1) is 11.2 Å². The highest BCUT2D eigenvalue weighted by Gasteiger charge is 2.25. The number of ether oxygens (including phenoxy) is 2. The molecular formula is C28H29FN6O3. The number of nitrogens with two attached hydrogens (primary N) is 2. The highest BCUT2D eigenvalue weighted by atomic mass is 19.1. The van der Waals surface area contributed by atoms with Crippen LogP contribution < -0.4 is 21.5 Å². The summed E-state index contributed by atoms with van der Waals surface area (Å²) in [5.74, 6) is -0.727. The Kier molecular flexibility index (Phi) is 8.03. The molecule has 0 aliphatic rings. The maximum Gasteiger partial charge on any atom is 0.249 e. The monoisotopic (exact) mass is 516 g/mol. The van der Waals surface area contributed by atoms with Crippen LogP contribution in [0.2, 0.25) is 0 Å². The lowest BCUT2D eigenvalue weighted by Gasteiger charge is -2.22. The largest absolute Gasteiger partial charge is 0.464 e. The van der Waals surface area contributed by atoms with E-state index in [0.29, 0.717) is 45.9 Å². The van der Waals surface area contributed by atoms with Crippen molar-refractivity contribution in [3.8, 4) is 17.0 Å². The molecule has 1 atom stereocenters. The molecule has 9 nitrogen and oxygen atoms in total. The van der Waals surface area contributed by atoms with Gasteiger partial charge in [-0.3, -0.25) is 10.2 Å². The molecule has 1 amide bonds. The Balaban J connectivity index is 1.83. The molecule has 196 valence electrons. The minimum Gasteiger partial charge on any atom is -0.464 e. The number of aryl methyl sites for hydroxylation is 1. The number of H-pyrrole nitrogens is 1. The summed E-state index contributed by atoms with van der Waals surface area (Å²) in [6.07, 6.45) is 2.22. The van der Waals surface area contributed by atoms with Crippen LogP contribution >= 0.6 is 0 Å². The quantitative estimate of drug-likeness (QED) is 0.114. The van der Waals surface area contributed by atoms with Crippen LogP contribution in [-0.2, 0) is 11.2 Å². The molecule has 0 radical (unpaired) electrons. The zero-order valence-corrected chi connectivity index (χ0v) is 21.0. The van der Waals surface area contributed by atoms with Crippen molar-refractivity contribution in [2.45, 2.75) is 19.4 Å². The van der Waals surface area contributed by atoms with Crippen molar-refractivity contribution < 1.29 is 18.7 Å². The van der Waals surface area contributed by atoms with Crippen molar-refractivity contribution in [2.75, 3.05) is 19.2 Å². The minimum atomic E-state index is -0.774. The van der Waals surface area contributed by atoms with Crippen LogP contribution in [0.3, 0.4) is 0 Å². The second kappa shape index (κ2) is 11.6. The number of rotatable bonds is 11. The van der Waals surface area contributed by atoms with Gasteiger partial charge in [0.25, 0.3) is 0 Å². The molecule has 7 N–H and O–H groups in total. The number of methoxy groups -OCH3 is 1. The van der Waals surface area contributed by atoms with Gasteiger partial charge in [-0.05, 0) is 48.4 Å². The third-order valence-electron chi connectivity index (χ3n) is 6.04. The van der Waals surface area contributed by atoms with Crippen molar-refractivity contribution >= 4 is 17.4 Å². The van der Waals surface area contributed by atoms with Gasteiger partial charge in [-0.25, -0.2) is 9.37 Å². The van der Waals surface area contributed by atoms with E-state index in [-0.39, 0.29) is 18.4 Å². The first-order valence-electron chi connectivity index (χ1n) is 11.9. The third kappa shape index (κ3) is 5.65. The molecule has 10 heteroatoms. The maximum absolute atomic E-state index is 15.9. The number of aromatic nitrogens is 2. The van der Waals surface area contributed by atoms with Gasteiger partial charge in [0, 0.05) is 35.1 Å². The molecule has 1 aromatic heterocycles. The molecule has 0 saturated carbocycles. The normalized spacial score (nSPS) is 11.7. The number of carbonyl (C=O) groups excluding carboxylic acids is 1. The van der Waals surface area contributed by atoms with Gasteiger partial charge in [-0.15, -0.1) is 0 Å². The molecular weight excluding hydrogens is 487 g/mol. The summed E-state index contributed by atoms with van der Waals surface area (Å²) in [7, 11) is 1.46.